The first-order valence-corrected chi connectivity index (χ1v) is 10.0. The standard InChI is InChI=1S/C7H16NO8P3.Rb.Re.Rf.U.Y/c1-5-17(4,10)15-19(13,14)16-18(11,12)8(3)6-7(2)9;;;;;/h5-6H,1-4H3,(H,11,12)(H,13,14);;;;;/q-2;+1;;;;. The molecule has 0 aliphatic rings. The number of hydrogen-bond acceptors (Lipinski definition) is 6. The number of rotatable bonds is 8. The first-order valence-electron chi connectivity index (χ1n) is 4.86. The van der Waals surface area contributed by atoms with Crippen LogP contribution in [0.15, 0.2) is 0 Å². The fraction of sp³-hybridized carbons (Fsp3) is 0.571. The van der Waals surface area contributed by atoms with Crippen LogP contribution in [0.4, 0.5) is 0 Å². The molecule has 2 radical (unpaired) electrons. The molecule has 0 aliphatic carbocycles. The average molecular weight is 1200 g/mol. The maximum absolute atomic E-state index is 11.6. The third kappa shape index (κ3) is 19.0. The molecule has 0 aromatic carbocycles. The van der Waals surface area contributed by atoms with Gasteiger partial charge in [-0.3, -0.25) is 10.9 Å². The smallest absolute Gasteiger partial charge is 0.340 e. The van der Waals surface area contributed by atoms with Crippen molar-refractivity contribution in [2.24, 2.45) is 0 Å². The van der Waals surface area contributed by atoms with Crippen LogP contribution in [0, 0.1) is 43.8 Å². The van der Waals surface area contributed by atoms with Crippen LogP contribution in [0.25, 0.3) is 0 Å². The monoisotopic (exact) mass is 1200 g/mol. The maximum Gasteiger partial charge on any atom is 1.00 e. The van der Waals surface area contributed by atoms with Gasteiger partial charge in [-0.2, -0.15) is 11.2 Å². The molecule has 3 unspecified atom stereocenters. The predicted molar refractivity (Wildman–Crippen MR) is 68.1 cm³/mol. The number of nitrogens with zero attached hydrogens (tertiary/aromatic N) is 1. The Morgan fingerprint density at radius 3 is 1.83 bits per heavy atom. The second-order valence-electron chi connectivity index (χ2n) is 3.60. The van der Waals surface area contributed by atoms with Gasteiger partial charge in [0.05, 0.1) is 7.37 Å². The Kier molecular flexibility index (Phi) is 30.6. The van der Waals surface area contributed by atoms with E-state index in [0.717, 1.165) is 26.8 Å². The molecule has 130 valence electrons. The van der Waals surface area contributed by atoms with Gasteiger partial charge in [0.1, 0.15) is 0 Å². The van der Waals surface area contributed by atoms with E-state index in [2.05, 4.69) is 8.62 Å². The fourth-order valence-corrected chi connectivity index (χ4v) is 5.04. The third-order valence-electron chi connectivity index (χ3n) is 1.71. The van der Waals surface area contributed by atoms with Crippen LogP contribution in [0.1, 0.15) is 13.8 Å². The Bertz CT molecular complexity index is 506. The molecule has 0 spiro atoms. The Labute approximate surface area is 247 Å². The van der Waals surface area contributed by atoms with Crippen LogP contribution in [0.2, 0.25) is 0 Å². The zero-order valence-corrected chi connectivity index (χ0v) is 37.7. The second-order valence-corrected chi connectivity index (χ2v) is 9.79. The summed E-state index contributed by atoms with van der Waals surface area (Å²) in [5.74, 6) is -0.572. The summed E-state index contributed by atoms with van der Waals surface area (Å²) in [4.78, 5) is 29.4. The molecule has 0 fully saturated rings. The van der Waals surface area contributed by atoms with Crippen molar-refractivity contribution >= 4 is 28.7 Å². The van der Waals surface area contributed by atoms with Gasteiger partial charge in [-0.15, -0.1) is 0 Å². The number of Topliss-reactive ketones (excluding diaryl/α,β-unsaturated/α-hetero) is 1. The van der Waals surface area contributed by atoms with E-state index in [4.69, 9.17) is 0 Å². The summed E-state index contributed by atoms with van der Waals surface area (Å²) in [6.45, 7) is 4.18. The van der Waals surface area contributed by atoms with E-state index in [1.807, 2.05) is 0 Å². The van der Waals surface area contributed by atoms with Gasteiger partial charge in [-0.1, -0.05) is 0 Å². The van der Waals surface area contributed by atoms with E-state index in [1.54, 1.807) is 0 Å². The van der Waals surface area contributed by atoms with Gasteiger partial charge in [0, 0.05) is 90.0 Å². The Hall–Kier alpha value is 3.65. The second kappa shape index (κ2) is 17.5. The minimum Gasteiger partial charge on any atom is -0.340 e. The molecule has 0 amide bonds. The van der Waals surface area contributed by atoms with Crippen LogP contribution in [0.5, 0.6) is 0 Å². The summed E-state index contributed by atoms with van der Waals surface area (Å²) in [5, 5.41) is 0. The van der Waals surface area contributed by atoms with Gasteiger partial charge >= 0.3 is 73.8 Å². The Balaban J connectivity index is -0.000000162. The first-order chi connectivity index (χ1) is 8.31. The van der Waals surface area contributed by atoms with Crippen molar-refractivity contribution in [3.05, 3.63) is 12.7 Å². The molecule has 0 aliphatic heterocycles. The summed E-state index contributed by atoms with van der Waals surface area (Å²) in [6.07, 6.45) is 1.03. The van der Waals surface area contributed by atoms with Crippen molar-refractivity contribution < 1.29 is 179 Å². The van der Waals surface area contributed by atoms with Crippen LogP contribution in [-0.2, 0) is 80.2 Å². The molecule has 0 saturated carbocycles. The summed E-state index contributed by atoms with van der Waals surface area (Å²) in [5.41, 5.74) is 0. The number of likely N-dealkylation sites (N-methyl/N-ethyl adjacent to an activating group) is 1. The number of carbonyl (C=O) groups excluding carboxylic acids is 1. The minimum atomic E-state index is -5.03. The number of carbonyl (C=O) groups is 1. The number of phosphoric acid groups is 1. The van der Waals surface area contributed by atoms with E-state index < -0.39 is 28.7 Å². The molecule has 9 nitrogen and oxygen atoms in total. The summed E-state index contributed by atoms with van der Waals surface area (Å²) in [7, 11) is -12.3. The topological polar surface area (TPSA) is 130 Å². The number of hydrogen-bond donors (Lipinski definition) is 2. The molecular weight excluding hydrogens is 1180 g/mol. The van der Waals surface area contributed by atoms with Crippen LogP contribution in [0.3, 0.4) is 0 Å². The van der Waals surface area contributed by atoms with Gasteiger partial charge in [-0.25, -0.2) is 15.3 Å². The van der Waals surface area contributed by atoms with Crippen LogP contribution >= 0.6 is 22.9 Å². The molecule has 3 atom stereocenters. The van der Waals surface area contributed by atoms with Crippen molar-refractivity contribution in [2.45, 2.75) is 13.8 Å². The largest absolute Gasteiger partial charge is 1.00 e. The Morgan fingerprint density at radius 2 is 1.54 bits per heavy atom. The molecule has 0 aromatic rings. The quantitative estimate of drug-likeness (QED) is 0.233. The van der Waals surface area contributed by atoms with Crippen molar-refractivity contribution in [1.29, 1.82) is 0 Å². The third-order valence-corrected chi connectivity index (χ3v) is 7.36. The molecule has 0 heterocycles. The molecule has 24 heavy (non-hydrogen) atoms. The van der Waals surface area contributed by atoms with Gasteiger partial charge < -0.3 is 23.8 Å². The summed E-state index contributed by atoms with van der Waals surface area (Å²) >= 11 is 0. The first kappa shape index (κ1) is 41.9. The van der Waals surface area contributed by atoms with Crippen LogP contribution in [-0.4, -0.2) is 34.0 Å². The summed E-state index contributed by atoms with van der Waals surface area (Å²) in [6, 6.07) is 0. The molecule has 17 heteroatoms. The van der Waals surface area contributed by atoms with Crippen LogP contribution < -0.4 is 58.2 Å². The molecule has 0 aromatic heterocycles. The van der Waals surface area contributed by atoms with Gasteiger partial charge in [-0.05, 0) is 20.6 Å². The maximum atomic E-state index is 11.6. The molecule has 0 bridgehead atoms. The van der Waals surface area contributed by atoms with E-state index in [1.165, 1.54) is 6.92 Å². The van der Waals surface area contributed by atoms with Crippen molar-refractivity contribution in [1.82, 2.24) is 4.67 Å². The number of ketones is 1. The summed E-state index contributed by atoms with van der Waals surface area (Å²) < 4.78 is 43.4. The fourth-order valence-electron chi connectivity index (χ4n) is 0.795. The zero-order valence-electron chi connectivity index (χ0n) is 13.9. The molecule has 2 N–H and O–H groups in total. The molecular formula is C7H16NO8P3RbReRfUY-. The van der Waals surface area contributed by atoms with E-state index in [0.29, 0.717) is 11.2 Å². The Morgan fingerprint density at radius 1 is 1.17 bits per heavy atom. The van der Waals surface area contributed by atoms with Gasteiger partial charge in [0.15, 0.2) is 0 Å². The van der Waals surface area contributed by atoms with Crippen molar-refractivity contribution in [3.63, 3.8) is 0 Å². The van der Waals surface area contributed by atoms with E-state index in [-0.39, 0.29) is 142 Å². The zero-order chi connectivity index (χ0) is 15.5. The van der Waals surface area contributed by atoms with E-state index in [9.17, 15) is 28.3 Å². The van der Waals surface area contributed by atoms with E-state index >= 15 is 0 Å². The SMILES string of the molecule is C[CH-]P(C)(=O)OP(=O)(O)OP(=O)(O)N(C)[CH-]C(C)=O.[Rb+].[Re].[Rf].[U].[Y]. The van der Waals surface area contributed by atoms with Gasteiger partial charge in [0.2, 0.25) is 0 Å². The van der Waals surface area contributed by atoms with Crippen molar-refractivity contribution in [2.75, 3.05) is 13.7 Å². The average Bonchev–Trinajstić information content (AvgIpc) is 2.12. The molecule has 0 rings (SSSR count). The normalized spacial score (nSPS) is 16.8. The predicted octanol–water partition coefficient (Wildman–Crippen LogP) is -1.01. The van der Waals surface area contributed by atoms with Gasteiger partial charge in [0.25, 0.3) is 0 Å². The van der Waals surface area contributed by atoms with Crippen molar-refractivity contribution in [3.8, 4) is 0 Å². The molecule has 0 saturated heterocycles. The minimum absolute atomic E-state index is 0.